The van der Waals surface area contributed by atoms with Gasteiger partial charge in [0.2, 0.25) is 0 Å². The van der Waals surface area contributed by atoms with E-state index in [9.17, 15) is 9.18 Å². The van der Waals surface area contributed by atoms with Gasteiger partial charge in [0.05, 0.1) is 21.9 Å². The molecule has 0 aliphatic rings. The Labute approximate surface area is 186 Å². The van der Waals surface area contributed by atoms with E-state index in [4.69, 9.17) is 0 Å². The summed E-state index contributed by atoms with van der Waals surface area (Å²) in [6.45, 7) is 5.66. The number of hydrogen-bond acceptors (Lipinski definition) is 6. The van der Waals surface area contributed by atoms with Crippen molar-refractivity contribution < 1.29 is 9.18 Å². The molecule has 5 aromatic rings. The van der Waals surface area contributed by atoms with E-state index in [1.54, 1.807) is 21.5 Å². The molecule has 8 nitrogen and oxygen atoms in total. The SMILES string of the molecule is Cc1ccc(NC(=O)c2cc3c(C)nn(-c4ccc(F)cc4)c3s2)cc1-n1nnnc1C. The largest absolute Gasteiger partial charge is 0.321 e. The molecule has 32 heavy (non-hydrogen) atoms. The van der Waals surface area contributed by atoms with Crippen LogP contribution in [0.15, 0.2) is 48.5 Å². The zero-order valence-corrected chi connectivity index (χ0v) is 18.3. The second kappa shape index (κ2) is 7.65. The van der Waals surface area contributed by atoms with Gasteiger partial charge < -0.3 is 5.32 Å². The Bertz CT molecular complexity index is 1470. The molecule has 0 fully saturated rings. The van der Waals surface area contributed by atoms with E-state index >= 15 is 0 Å². The van der Waals surface area contributed by atoms with Crippen LogP contribution < -0.4 is 5.32 Å². The zero-order valence-electron chi connectivity index (χ0n) is 17.5. The second-order valence-corrected chi connectivity index (χ2v) is 8.43. The molecule has 10 heteroatoms. The summed E-state index contributed by atoms with van der Waals surface area (Å²) in [5, 5.41) is 20.0. The molecule has 2 aromatic carbocycles. The van der Waals surface area contributed by atoms with Gasteiger partial charge in [-0.25, -0.2) is 9.07 Å². The van der Waals surface area contributed by atoms with Crippen molar-refractivity contribution in [3.05, 3.63) is 76.3 Å². The van der Waals surface area contributed by atoms with Gasteiger partial charge in [-0.05, 0) is 79.2 Å². The number of aromatic nitrogens is 6. The summed E-state index contributed by atoms with van der Waals surface area (Å²) < 4.78 is 16.7. The van der Waals surface area contributed by atoms with Crippen molar-refractivity contribution in [3.63, 3.8) is 0 Å². The number of thiophene rings is 1. The van der Waals surface area contributed by atoms with E-state index in [2.05, 4.69) is 25.9 Å². The van der Waals surface area contributed by atoms with Gasteiger partial charge in [-0.3, -0.25) is 4.79 Å². The van der Waals surface area contributed by atoms with E-state index in [1.807, 2.05) is 45.0 Å². The maximum atomic E-state index is 13.3. The normalized spacial score (nSPS) is 11.2. The lowest BCUT2D eigenvalue weighted by molar-refractivity contribution is 0.103. The summed E-state index contributed by atoms with van der Waals surface area (Å²) in [7, 11) is 0. The van der Waals surface area contributed by atoms with Crippen LogP contribution >= 0.6 is 11.3 Å². The third kappa shape index (κ3) is 3.44. The topological polar surface area (TPSA) is 90.5 Å². The molecule has 0 saturated heterocycles. The van der Waals surface area contributed by atoms with E-state index in [-0.39, 0.29) is 11.7 Å². The van der Waals surface area contributed by atoms with Gasteiger partial charge in [-0.1, -0.05) is 6.07 Å². The molecule has 0 aliphatic heterocycles. The van der Waals surface area contributed by atoms with Crippen LogP contribution in [-0.4, -0.2) is 35.9 Å². The number of nitrogens with zero attached hydrogens (tertiary/aromatic N) is 6. The lowest BCUT2D eigenvalue weighted by Gasteiger charge is -2.10. The number of carbonyl (C=O) groups excluding carboxylic acids is 1. The molecule has 0 radical (unpaired) electrons. The quantitative estimate of drug-likeness (QED) is 0.442. The molecule has 0 unspecified atom stereocenters. The first-order valence-corrected chi connectivity index (χ1v) is 10.6. The van der Waals surface area contributed by atoms with Gasteiger partial charge in [0, 0.05) is 11.1 Å². The predicted molar refractivity (Wildman–Crippen MR) is 120 cm³/mol. The Kier molecular flexibility index (Phi) is 4.78. The molecule has 0 aliphatic carbocycles. The molecule has 3 heterocycles. The number of amides is 1. The smallest absolute Gasteiger partial charge is 0.265 e. The zero-order chi connectivity index (χ0) is 22.4. The number of rotatable bonds is 4. The Balaban J connectivity index is 1.47. The highest BCUT2D eigenvalue weighted by Crippen LogP contribution is 2.31. The minimum atomic E-state index is -0.311. The van der Waals surface area contributed by atoms with Crippen molar-refractivity contribution in [2.24, 2.45) is 0 Å². The Morgan fingerprint density at radius 2 is 1.81 bits per heavy atom. The minimum absolute atomic E-state index is 0.223. The summed E-state index contributed by atoms with van der Waals surface area (Å²) in [5.74, 6) is 0.121. The number of nitrogens with one attached hydrogen (secondary N) is 1. The number of fused-ring (bicyclic) bond motifs is 1. The average molecular weight is 447 g/mol. The van der Waals surface area contributed by atoms with E-state index in [0.717, 1.165) is 32.8 Å². The minimum Gasteiger partial charge on any atom is -0.321 e. The number of aryl methyl sites for hydroxylation is 3. The standard InChI is InChI=1S/C22H18FN7OS/c1-12-4-7-16(10-19(12)29-14(3)25-27-28-29)24-21(31)20-11-18-13(2)26-30(22(18)32-20)17-8-5-15(23)6-9-17/h4-11H,1-3H3,(H,24,31). The van der Waals surface area contributed by atoms with Crippen LogP contribution in [0, 0.1) is 26.6 Å². The first-order chi connectivity index (χ1) is 15.4. The number of hydrogen-bond donors (Lipinski definition) is 1. The lowest BCUT2D eigenvalue weighted by Crippen LogP contribution is -2.11. The van der Waals surface area contributed by atoms with Crippen molar-refractivity contribution in [3.8, 4) is 11.4 Å². The molecule has 0 bridgehead atoms. The van der Waals surface area contributed by atoms with Crippen molar-refractivity contribution in [2.75, 3.05) is 5.32 Å². The average Bonchev–Trinajstić information content (AvgIpc) is 3.47. The Morgan fingerprint density at radius 3 is 2.53 bits per heavy atom. The molecule has 0 spiro atoms. The fourth-order valence-corrected chi connectivity index (χ4v) is 4.56. The second-order valence-electron chi connectivity index (χ2n) is 7.40. The molecular weight excluding hydrogens is 429 g/mol. The van der Waals surface area contributed by atoms with Crippen LogP contribution in [0.5, 0.6) is 0 Å². The monoisotopic (exact) mass is 447 g/mol. The van der Waals surface area contributed by atoms with E-state index in [0.29, 0.717) is 16.4 Å². The van der Waals surface area contributed by atoms with Gasteiger partial charge in [-0.15, -0.1) is 16.4 Å². The van der Waals surface area contributed by atoms with Crippen molar-refractivity contribution in [1.29, 1.82) is 0 Å². The maximum Gasteiger partial charge on any atom is 0.265 e. The van der Waals surface area contributed by atoms with Gasteiger partial charge in [0.1, 0.15) is 10.6 Å². The summed E-state index contributed by atoms with van der Waals surface area (Å²) in [6.07, 6.45) is 0. The molecule has 5 rings (SSSR count). The van der Waals surface area contributed by atoms with Crippen LogP contribution in [0.4, 0.5) is 10.1 Å². The van der Waals surface area contributed by atoms with Crippen LogP contribution in [-0.2, 0) is 0 Å². The van der Waals surface area contributed by atoms with Crippen LogP contribution in [0.1, 0.15) is 26.8 Å². The number of benzene rings is 2. The first kappa shape index (κ1) is 20.0. The number of halogens is 1. The fourth-order valence-electron chi connectivity index (χ4n) is 3.48. The highest BCUT2D eigenvalue weighted by molar-refractivity contribution is 7.20. The van der Waals surface area contributed by atoms with E-state index in [1.165, 1.54) is 23.5 Å². The molecule has 3 aromatic heterocycles. The summed E-state index contributed by atoms with van der Waals surface area (Å²) in [4.78, 5) is 14.4. The Morgan fingerprint density at radius 1 is 1.03 bits per heavy atom. The van der Waals surface area contributed by atoms with E-state index < -0.39 is 0 Å². The van der Waals surface area contributed by atoms with Gasteiger partial charge in [-0.2, -0.15) is 9.78 Å². The summed E-state index contributed by atoms with van der Waals surface area (Å²) in [6, 6.07) is 13.5. The predicted octanol–water partition coefficient (Wildman–Crippen LogP) is 4.38. The van der Waals surface area contributed by atoms with Gasteiger partial charge in [0.25, 0.3) is 5.91 Å². The molecule has 0 atom stereocenters. The van der Waals surface area contributed by atoms with Crippen molar-refractivity contribution in [2.45, 2.75) is 20.8 Å². The third-order valence-corrected chi connectivity index (χ3v) is 6.27. The molecule has 1 N–H and O–H groups in total. The highest BCUT2D eigenvalue weighted by Gasteiger charge is 2.18. The summed E-state index contributed by atoms with van der Waals surface area (Å²) >= 11 is 1.34. The van der Waals surface area contributed by atoms with Crippen LogP contribution in [0.25, 0.3) is 21.6 Å². The van der Waals surface area contributed by atoms with Crippen LogP contribution in [0.3, 0.4) is 0 Å². The van der Waals surface area contributed by atoms with Gasteiger partial charge in [0.15, 0.2) is 5.82 Å². The maximum absolute atomic E-state index is 13.3. The number of anilines is 1. The fraction of sp³-hybridized carbons (Fsp3) is 0.136. The summed E-state index contributed by atoms with van der Waals surface area (Å²) in [5.41, 5.74) is 3.95. The lowest BCUT2D eigenvalue weighted by atomic mass is 10.1. The molecule has 160 valence electrons. The molecule has 1 amide bonds. The molecular formula is C22H18FN7OS. The highest BCUT2D eigenvalue weighted by atomic mass is 32.1. The third-order valence-electron chi connectivity index (χ3n) is 5.16. The van der Waals surface area contributed by atoms with Crippen molar-refractivity contribution in [1.82, 2.24) is 30.0 Å². The van der Waals surface area contributed by atoms with Gasteiger partial charge >= 0.3 is 0 Å². The number of carbonyl (C=O) groups is 1. The Hall–Kier alpha value is -3.92. The first-order valence-electron chi connectivity index (χ1n) is 9.83. The van der Waals surface area contributed by atoms with Crippen molar-refractivity contribution >= 4 is 33.1 Å². The van der Waals surface area contributed by atoms with Crippen LogP contribution in [0.2, 0.25) is 0 Å². The molecule has 0 saturated carbocycles. The number of tetrazole rings is 1.